The standard InChI is InChI=1S/C42H42FN3O2SSi/c1-26-18-19-37-31(22-26)32(25-46(37)50(6,7)42(3,4)5)34-15-11-16-35(44-34)41(48)45-21-20-28-23-39(49-40(28)29-13-8-9-17-36(29)45)38(47)24-30-27(2)12-10-14-33(30)43/h8-19,22-23,25H,20-21,24H2,1-7H3. The number of aromatic nitrogens is 2. The highest BCUT2D eigenvalue weighted by molar-refractivity contribution is 7.17. The van der Waals surface area contributed by atoms with Crippen LogP contribution in [-0.4, -0.2) is 35.7 Å². The van der Waals surface area contributed by atoms with Crippen molar-refractivity contribution in [3.63, 3.8) is 0 Å². The summed E-state index contributed by atoms with van der Waals surface area (Å²) in [6.07, 6.45) is 2.85. The minimum Gasteiger partial charge on any atom is -0.373 e. The van der Waals surface area contributed by atoms with Gasteiger partial charge in [0.1, 0.15) is 11.5 Å². The van der Waals surface area contributed by atoms with E-state index in [1.54, 1.807) is 12.1 Å². The third-order valence-corrected chi connectivity index (χ3v) is 17.2. The molecule has 1 aliphatic rings. The molecule has 0 unspecified atom stereocenters. The summed E-state index contributed by atoms with van der Waals surface area (Å²) in [5, 5.41) is 1.27. The van der Waals surface area contributed by atoms with Crippen LogP contribution in [0.4, 0.5) is 10.1 Å². The van der Waals surface area contributed by atoms with E-state index >= 15 is 0 Å². The van der Waals surface area contributed by atoms with Gasteiger partial charge in [-0.05, 0) is 84.5 Å². The van der Waals surface area contributed by atoms with E-state index in [4.69, 9.17) is 4.98 Å². The van der Waals surface area contributed by atoms with Crippen LogP contribution in [0.2, 0.25) is 18.1 Å². The lowest BCUT2D eigenvalue weighted by molar-refractivity contribution is 0.0978. The molecule has 1 aliphatic heterocycles. The molecule has 50 heavy (non-hydrogen) atoms. The first-order valence-electron chi connectivity index (χ1n) is 17.2. The molecule has 1 amide bonds. The van der Waals surface area contributed by atoms with E-state index in [1.165, 1.54) is 28.5 Å². The quantitative estimate of drug-likeness (QED) is 0.128. The first kappa shape index (κ1) is 33.8. The van der Waals surface area contributed by atoms with Crippen molar-refractivity contribution in [2.75, 3.05) is 11.4 Å². The first-order chi connectivity index (χ1) is 23.7. The van der Waals surface area contributed by atoms with Crippen LogP contribution in [0.5, 0.6) is 0 Å². The lowest BCUT2D eigenvalue weighted by Crippen LogP contribution is -2.44. The zero-order chi connectivity index (χ0) is 35.5. The molecule has 0 aliphatic carbocycles. The Morgan fingerprint density at radius 2 is 1.68 bits per heavy atom. The minimum absolute atomic E-state index is 0.0142. The van der Waals surface area contributed by atoms with Gasteiger partial charge in [0.2, 0.25) is 0 Å². The van der Waals surface area contributed by atoms with Crippen molar-refractivity contribution in [3.05, 3.63) is 130 Å². The van der Waals surface area contributed by atoms with E-state index in [-0.39, 0.29) is 29.0 Å². The van der Waals surface area contributed by atoms with Crippen LogP contribution >= 0.6 is 11.3 Å². The summed E-state index contributed by atoms with van der Waals surface area (Å²) in [7, 11) is -1.97. The largest absolute Gasteiger partial charge is 0.373 e. The smallest absolute Gasteiger partial charge is 0.276 e. The number of anilines is 1. The second-order valence-electron chi connectivity index (χ2n) is 15.0. The molecule has 0 atom stereocenters. The number of fused-ring (bicyclic) bond motifs is 4. The van der Waals surface area contributed by atoms with Gasteiger partial charge in [0.15, 0.2) is 14.0 Å². The zero-order valence-electron chi connectivity index (χ0n) is 29.7. The van der Waals surface area contributed by atoms with Crippen molar-refractivity contribution in [3.8, 4) is 21.7 Å². The van der Waals surface area contributed by atoms with Crippen LogP contribution < -0.4 is 4.90 Å². The van der Waals surface area contributed by atoms with Gasteiger partial charge in [-0.3, -0.25) is 9.59 Å². The van der Waals surface area contributed by atoms with Gasteiger partial charge in [0, 0.05) is 46.1 Å². The second-order valence-corrected chi connectivity index (χ2v) is 21.1. The number of aryl methyl sites for hydroxylation is 2. The molecule has 0 radical (unpaired) electrons. The summed E-state index contributed by atoms with van der Waals surface area (Å²) in [5.74, 6) is -0.622. The Balaban J connectivity index is 1.23. The number of nitrogens with zero attached hydrogens (tertiary/aromatic N) is 3. The molecule has 6 aromatic rings. The number of ketones is 1. The first-order valence-corrected chi connectivity index (χ1v) is 20.9. The third kappa shape index (κ3) is 5.84. The summed E-state index contributed by atoms with van der Waals surface area (Å²) in [6, 6.07) is 27.0. The number of para-hydroxylation sites is 1. The molecule has 3 aromatic carbocycles. The maximum absolute atomic E-state index is 14.6. The van der Waals surface area contributed by atoms with Crippen LogP contribution in [0.3, 0.4) is 0 Å². The van der Waals surface area contributed by atoms with E-state index < -0.39 is 8.24 Å². The summed E-state index contributed by atoms with van der Waals surface area (Å²) >= 11 is 1.42. The van der Waals surface area contributed by atoms with Crippen LogP contribution in [0.25, 0.3) is 32.6 Å². The van der Waals surface area contributed by atoms with E-state index in [0.717, 1.165) is 43.9 Å². The van der Waals surface area contributed by atoms with Crippen LogP contribution in [-0.2, 0) is 12.8 Å². The zero-order valence-corrected chi connectivity index (χ0v) is 31.5. The van der Waals surface area contributed by atoms with Gasteiger partial charge >= 0.3 is 0 Å². The van der Waals surface area contributed by atoms with Gasteiger partial charge in [0.05, 0.1) is 16.3 Å². The van der Waals surface area contributed by atoms with Crippen molar-refractivity contribution in [2.45, 2.75) is 65.6 Å². The molecule has 7 rings (SSSR count). The van der Waals surface area contributed by atoms with E-state index in [0.29, 0.717) is 29.1 Å². The number of hydrogen-bond donors (Lipinski definition) is 0. The number of halogens is 1. The lowest BCUT2D eigenvalue weighted by Gasteiger charge is -2.38. The van der Waals surface area contributed by atoms with E-state index in [1.807, 2.05) is 60.4 Å². The molecule has 0 bridgehead atoms. The van der Waals surface area contributed by atoms with Crippen LogP contribution in [0, 0.1) is 19.7 Å². The van der Waals surface area contributed by atoms with Crippen LogP contribution in [0.1, 0.15) is 63.2 Å². The van der Waals surface area contributed by atoms with Gasteiger partial charge in [0.25, 0.3) is 5.91 Å². The predicted molar refractivity (Wildman–Crippen MR) is 207 cm³/mol. The Morgan fingerprint density at radius 3 is 2.44 bits per heavy atom. The molecule has 3 aromatic heterocycles. The molecular weight excluding hydrogens is 658 g/mol. The third-order valence-electron chi connectivity index (χ3n) is 10.7. The molecule has 0 fully saturated rings. The monoisotopic (exact) mass is 699 g/mol. The number of carbonyl (C=O) groups excluding carboxylic acids is 2. The van der Waals surface area contributed by atoms with Gasteiger partial charge in [-0.2, -0.15) is 0 Å². The Labute approximate surface area is 298 Å². The summed E-state index contributed by atoms with van der Waals surface area (Å²) in [4.78, 5) is 36.2. The number of Topliss-reactive ketones (excluding diaryl/α,β-unsaturated/α-hetero) is 1. The molecule has 5 nitrogen and oxygen atoms in total. The van der Waals surface area contributed by atoms with E-state index in [9.17, 15) is 14.0 Å². The Bertz CT molecular complexity index is 2290. The normalized spacial score (nSPS) is 13.2. The number of amides is 1. The molecule has 254 valence electrons. The topological polar surface area (TPSA) is 55.2 Å². The van der Waals surface area contributed by atoms with Crippen molar-refractivity contribution in [1.29, 1.82) is 0 Å². The van der Waals surface area contributed by atoms with E-state index in [2.05, 4.69) is 69.4 Å². The highest BCUT2D eigenvalue weighted by atomic mass is 32.1. The maximum Gasteiger partial charge on any atom is 0.276 e. The van der Waals surface area contributed by atoms with Gasteiger partial charge in [-0.25, -0.2) is 9.37 Å². The Hall–Kier alpha value is -4.66. The fourth-order valence-electron chi connectivity index (χ4n) is 6.80. The average molecular weight is 700 g/mol. The molecule has 0 saturated carbocycles. The second kappa shape index (κ2) is 12.6. The SMILES string of the molecule is Cc1ccc2c(c1)c(-c1cccc(C(=O)N3CCc4cc(C(=O)Cc5c(C)cccc5F)sc4-c4ccccc43)n1)cn2[Si](C)(C)C(C)(C)C. The highest BCUT2D eigenvalue weighted by Crippen LogP contribution is 2.43. The predicted octanol–water partition coefficient (Wildman–Crippen LogP) is 10.7. The molecule has 0 spiro atoms. The highest BCUT2D eigenvalue weighted by Gasteiger charge is 2.39. The summed E-state index contributed by atoms with van der Waals surface area (Å²) in [6.45, 7) is 16.1. The maximum atomic E-state index is 14.6. The molecule has 0 saturated heterocycles. The Kier molecular flexibility index (Phi) is 8.51. The minimum atomic E-state index is -1.97. The Morgan fingerprint density at radius 1 is 0.920 bits per heavy atom. The summed E-state index contributed by atoms with van der Waals surface area (Å²) in [5.41, 5.74) is 8.50. The number of carbonyl (C=O) groups is 2. The molecule has 0 N–H and O–H groups in total. The molecule has 4 heterocycles. The molecule has 8 heteroatoms. The fourth-order valence-corrected chi connectivity index (χ4v) is 9.95. The van der Waals surface area contributed by atoms with Crippen molar-refractivity contribution in [2.24, 2.45) is 0 Å². The van der Waals surface area contributed by atoms with Crippen molar-refractivity contribution in [1.82, 2.24) is 9.22 Å². The lowest BCUT2D eigenvalue weighted by atomic mass is 10.0. The number of rotatable bonds is 6. The van der Waals surface area contributed by atoms with Crippen molar-refractivity contribution < 1.29 is 14.0 Å². The summed E-state index contributed by atoms with van der Waals surface area (Å²) < 4.78 is 17.1. The number of pyridine rings is 1. The average Bonchev–Trinajstić information content (AvgIpc) is 3.64. The van der Waals surface area contributed by atoms with Gasteiger partial charge in [-0.15, -0.1) is 11.3 Å². The molecular formula is C42H42FN3O2SSi. The van der Waals surface area contributed by atoms with Gasteiger partial charge < -0.3 is 9.13 Å². The van der Waals surface area contributed by atoms with Crippen molar-refractivity contribution >= 4 is 47.9 Å². The number of hydrogen-bond acceptors (Lipinski definition) is 4. The number of benzene rings is 3. The van der Waals surface area contributed by atoms with Crippen LogP contribution in [0.15, 0.2) is 91.1 Å². The van der Waals surface area contributed by atoms with Gasteiger partial charge in [-0.1, -0.05) is 81.9 Å². The fraction of sp³-hybridized carbons (Fsp3) is 0.262. The number of thiophene rings is 1.